The molecule has 0 aliphatic rings. The van der Waals surface area contributed by atoms with Gasteiger partial charge in [-0.25, -0.2) is 9.97 Å². The zero-order valence-electron chi connectivity index (χ0n) is 45.8. The van der Waals surface area contributed by atoms with Gasteiger partial charge in [0.2, 0.25) is 17.6 Å². The van der Waals surface area contributed by atoms with E-state index in [9.17, 15) is 43.2 Å². The molecule has 8 aromatic rings. The van der Waals surface area contributed by atoms with E-state index in [1.165, 1.54) is 94.0 Å². The van der Waals surface area contributed by atoms with E-state index in [1.54, 1.807) is 83.8 Å². The standard InChI is InChI=1S/C52H59ClN20O9S/c1-67-21-28(15-34(67)45(75)56-12-8-11-54)59-47(77)36-19-31(24-69(36)3)62-52(82)43-64-40(26-73(43)7)66-48(78)37-16-27(20-70(37)4)58-44(74)33(55)9-13-57-51(81)42-63-39(25-72(42)6)65-49(79)38-17-29(22-71(38)5)60-46(76)35-18-30(23-68(35)2)61-50(80)41-32(53)10-14-83-41/h10,14-26,33H,8-9,11-13,54-55H2,1-7H3,(H,56,75)(H,57,81)(H,58,74)(H,59,77)(H,60,76)(H,61,80)(H,62,82)(H,65,79)(H,66,78)/t33-/m1/s1. The van der Waals surface area contributed by atoms with E-state index in [4.69, 9.17) is 23.1 Å². The van der Waals surface area contributed by atoms with Crippen LogP contribution < -0.4 is 59.3 Å². The fourth-order valence-corrected chi connectivity index (χ4v) is 9.57. The first-order chi connectivity index (χ1) is 39.5. The van der Waals surface area contributed by atoms with Crippen molar-refractivity contribution in [1.29, 1.82) is 0 Å². The van der Waals surface area contributed by atoms with E-state index in [-0.39, 0.29) is 76.3 Å². The molecule has 0 radical (unpaired) electrons. The Balaban J connectivity index is 0.774. The maximum Gasteiger partial charge on any atom is 0.291 e. The van der Waals surface area contributed by atoms with Crippen molar-refractivity contribution in [2.45, 2.75) is 18.9 Å². The van der Waals surface area contributed by atoms with E-state index in [0.717, 1.165) is 0 Å². The lowest BCUT2D eigenvalue weighted by Gasteiger charge is -2.12. The SMILES string of the molecule is Cn1cc(NC(=O)c2cc(NC(=O)c3nc(NC(=O)c4cc(NC(=O)[C@H](N)CCNC(=O)c5nc(NC(=O)c6cc(NC(=O)c7cc(NC(=O)c8sccc8Cl)cn7C)cn6C)cn5C)cn4C)cn3C)cn2C)cc1C(=O)NCCCN. The Bertz CT molecular complexity index is 3850. The molecule has 83 heavy (non-hydrogen) atoms. The highest BCUT2D eigenvalue weighted by atomic mass is 35.5. The number of thiophene rings is 1. The molecule has 0 aromatic carbocycles. The lowest BCUT2D eigenvalue weighted by atomic mass is 10.2. The van der Waals surface area contributed by atoms with Crippen LogP contribution in [0.2, 0.25) is 5.02 Å². The van der Waals surface area contributed by atoms with Gasteiger partial charge in [0.15, 0.2) is 11.6 Å². The molecule has 9 amide bonds. The van der Waals surface area contributed by atoms with Gasteiger partial charge in [0, 0.05) is 106 Å². The van der Waals surface area contributed by atoms with Gasteiger partial charge in [0.1, 0.15) is 33.3 Å². The van der Waals surface area contributed by atoms with Gasteiger partial charge in [0.05, 0.1) is 39.5 Å². The molecule has 0 bridgehead atoms. The average molecular weight is 1180 g/mol. The summed E-state index contributed by atoms with van der Waals surface area (Å²) in [6.45, 7) is 0.816. The molecular weight excluding hydrogens is 1120 g/mol. The van der Waals surface area contributed by atoms with E-state index in [0.29, 0.717) is 52.2 Å². The number of nitrogens with zero attached hydrogens (tertiary/aromatic N) is 9. The second kappa shape index (κ2) is 25.2. The zero-order valence-corrected chi connectivity index (χ0v) is 47.4. The van der Waals surface area contributed by atoms with Crippen LogP contribution >= 0.6 is 22.9 Å². The third-order valence-corrected chi connectivity index (χ3v) is 14.0. The van der Waals surface area contributed by atoms with Crippen LogP contribution in [0.25, 0.3) is 0 Å². The summed E-state index contributed by atoms with van der Waals surface area (Å²) >= 11 is 7.27. The highest BCUT2D eigenvalue weighted by Gasteiger charge is 2.25. The number of halogens is 1. The first kappa shape index (κ1) is 59.1. The van der Waals surface area contributed by atoms with Gasteiger partial charge < -0.3 is 91.3 Å². The smallest absolute Gasteiger partial charge is 0.291 e. The fraction of sp³-hybridized carbons (Fsp3) is 0.250. The Hall–Kier alpha value is -10.0. The summed E-state index contributed by atoms with van der Waals surface area (Å²) in [6, 6.07) is 7.92. The molecule has 0 aliphatic heterocycles. The first-order valence-corrected chi connectivity index (χ1v) is 26.5. The minimum Gasteiger partial charge on any atom is -0.351 e. The van der Waals surface area contributed by atoms with Crippen molar-refractivity contribution in [3.63, 3.8) is 0 Å². The Labute approximate surface area is 481 Å². The molecule has 1 atom stereocenters. The number of rotatable bonds is 22. The van der Waals surface area contributed by atoms with Crippen molar-refractivity contribution < 1.29 is 43.2 Å². The number of carbonyl (C=O) groups is 9. The summed E-state index contributed by atoms with van der Waals surface area (Å²) in [7, 11) is 11.3. The highest BCUT2D eigenvalue weighted by molar-refractivity contribution is 7.12. The van der Waals surface area contributed by atoms with Gasteiger partial charge in [0.25, 0.3) is 47.3 Å². The fourth-order valence-electron chi connectivity index (χ4n) is 8.53. The van der Waals surface area contributed by atoms with Gasteiger partial charge >= 0.3 is 0 Å². The first-order valence-electron chi connectivity index (χ1n) is 25.3. The number of nitrogens with two attached hydrogens (primary N) is 2. The summed E-state index contributed by atoms with van der Waals surface area (Å²) < 4.78 is 10.4. The van der Waals surface area contributed by atoms with Crippen LogP contribution in [-0.4, -0.2) is 121 Å². The van der Waals surface area contributed by atoms with Gasteiger partial charge in [-0.2, -0.15) is 0 Å². The Morgan fingerprint density at radius 1 is 0.482 bits per heavy atom. The lowest BCUT2D eigenvalue weighted by Crippen LogP contribution is -2.39. The molecule has 0 fully saturated rings. The second-order valence-electron chi connectivity index (χ2n) is 19.1. The van der Waals surface area contributed by atoms with Crippen molar-refractivity contribution >= 4 is 116 Å². The number of carbonyl (C=O) groups excluding carboxylic acids is 9. The largest absolute Gasteiger partial charge is 0.351 e. The van der Waals surface area contributed by atoms with Crippen LogP contribution in [0.3, 0.4) is 0 Å². The maximum absolute atomic E-state index is 13.4. The highest BCUT2D eigenvalue weighted by Crippen LogP contribution is 2.25. The molecule has 29 nitrogen and oxygen atoms in total. The number of hydrogen-bond donors (Lipinski definition) is 11. The molecule has 0 saturated carbocycles. The van der Waals surface area contributed by atoms with Crippen molar-refractivity contribution in [3.05, 3.63) is 135 Å². The molecule has 13 N–H and O–H groups in total. The number of amides is 9. The van der Waals surface area contributed by atoms with E-state index >= 15 is 0 Å². The van der Waals surface area contributed by atoms with Crippen molar-refractivity contribution in [2.24, 2.45) is 60.8 Å². The third-order valence-electron chi connectivity index (χ3n) is 12.7. The normalized spacial score (nSPS) is 11.4. The monoisotopic (exact) mass is 1170 g/mol. The van der Waals surface area contributed by atoms with Crippen LogP contribution in [0.4, 0.5) is 40.1 Å². The molecule has 0 aliphatic carbocycles. The lowest BCUT2D eigenvalue weighted by molar-refractivity contribution is -0.117. The minimum atomic E-state index is -1.09. The number of nitrogens with one attached hydrogen (secondary N) is 9. The van der Waals surface area contributed by atoms with Crippen molar-refractivity contribution in [1.82, 2.24) is 52.6 Å². The summed E-state index contributed by atoms with van der Waals surface area (Å²) in [5.41, 5.74) is 14.4. The molecule has 434 valence electrons. The van der Waals surface area contributed by atoms with Crippen LogP contribution in [0.15, 0.2) is 85.2 Å². The van der Waals surface area contributed by atoms with E-state index in [2.05, 4.69) is 57.8 Å². The third kappa shape index (κ3) is 13.9. The topological polar surface area (TPSA) is 374 Å². The number of anilines is 7. The summed E-state index contributed by atoms with van der Waals surface area (Å²) in [5, 5.41) is 26.4. The summed E-state index contributed by atoms with van der Waals surface area (Å²) in [5.74, 6) is -4.78. The maximum atomic E-state index is 13.4. The molecule has 0 saturated heterocycles. The second-order valence-corrected chi connectivity index (χ2v) is 20.4. The predicted octanol–water partition coefficient (Wildman–Crippen LogP) is 3.24. The number of aryl methyl sites for hydroxylation is 7. The van der Waals surface area contributed by atoms with Crippen LogP contribution in [-0.2, 0) is 54.1 Å². The van der Waals surface area contributed by atoms with Crippen LogP contribution in [0, 0.1) is 0 Å². The Morgan fingerprint density at radius 3 is 1.28 bits per heavy atom. The molecule has 8 heterocycles. The average Bonchev–Trinajstić information content (AvgIpc) is 4.48. The van der Waals surface area contributed by atoms with Crippen molar-refractivity contribution in [2.75, 3.05) is 56.9 Å². The van der Waals surface area contributed by atoms with Crippen LogP contribution in [0.1, 0.15) is 96.2 Å². The molecule has 8 aromatic heterocycles. The van der Waals surface area contributed by atoms with Gasteiger partial charge in [-0.3, -0.25) is 43.2 Å². The Kier molecular flexibility index (Phi) is 17.9. The van der Waals surface area contributed by atoms with E-state index in [1.807, 2.05) is 0 Å². The van der Waals surface area contributed by atoms with Gasteiger partial charge in [-0.1, -0.05) is 11.6 Å². The quantitative estimate of drug-likeness (QED) is 0.0435. The molecular formula is C52H59ClN20O9S. The van der Waals surface area contributed by atoms with Crippen molar-refractivity contribution in [3.8, 4) is 0 Å². The van der Waals surface area contributed by atoms with Gasteiger partial charge in [-0.05, 0) is 61.2 Å². The van der Waals surface area contributed by atoms with E-state index < -0.39 is 53.3 Å². The summed E-state index contributed by atoms with van der Waals surface area (Å²) in [4.78, 5) is 127. The Morgan fingerprint density at radius 2 is 0.855 bits per heavy atom. The number of hydrogen-bond acceptors (Lipinski definition) is 14. The predicted molar refractivity (Wildman–Crippen MR) is 310 cm³/mol. The molecule has 31 heteroatoms. The molecule has 8 rings (SSSR count). The molecule has 0 spiro atoms. The molecule has 0 unspecified atom stereocenters. The minimum absolute atomic E-state index is 0.00918. The van der Waals surface area contributed by atoms with Gasteiger partial charge in [-0.15, -0.1) is 11.3 Å². The van der Waals surface area contributed by atoms with Crippen LogP contribution in [0.5, 0.6) is 0 Å². The number of aromatic nitrogens is 9. The zero-order chi connectivity index (χ0) is 60.0. The number of imidazole rings is 2. The summed E-state index contributed by atoms with van der Waals surface area (Å²) in [6.07, 6.45) is 11.3.